The minimum Gasteiger partial charge on any atom is -0.383 e. The first-order valence-corrected chi connectivity index (χ1v) is 5.08. The molecule has 1 amide bonds. The molecular weight excluding hydrogens is 230 g/mol. The Labute approximate surface area is 98.0 Å². The molecule has 1 aromatic rings. The summed E-state index contributed by atoms with van der Waals surface area (Å²) in [5.41, 5.74) is -0.0353. The van der Waals surface area contributed by atoms with Gasteiger partial charge in [0.15, 0.2) is 0 Å². The molecule has 17 heavy (non-hydrogen) atoms. The van der Waals surface area contributed by atoms with Crippen LogP contribution >= 0.6 is 0 Å². The summed E-state index contributed by atoms with van der Waals surface area (Å²) < 4.78 is 30.7. The van der Waals surface area contributed by atoms with Gasteiger partial charge in [-0.15, -0.1) is 0 Å². The van der Waals surface area contributed by atoms with Crippen molar-refractivity contribution in [1.29, 1.82) is 0 Å². The Bertz CT molecular complexity index is 386. The number of carbonyl (C=O) groups is 1. The molecular formula is C11H14F2N2O2. The third-order valence-electron chi connectivity index (χ3n) is 2.00. The number of methoxy groups -OCH3 is 1. The zero-order valence-electron chi connectivity index (χ0n) is 9.43. The van der Waals surface area contributed by atoms with Crippen molar-refractivity contribution in [3.05, 3.63) is 29.8 Å². The van der Waals surface area contributed by atoms with Crippen molar-refractivity contribution in [2.24, 2.45) is 0 Å². The van der Waals surface area contributed by atoms with Crippen LogP contribution in [0.5, 0.6) is 0 Å². The van der Waals surface area contributed by atoms with E-state index in [-0.39, 0.29) is 18.1 Å². The van der Waals surface area contributed by atoms with Gasteiger partial charge in [-0.05, 0) is 18.2 Å². The van der Waals surface area contributed by atoms with Crippen molar-refractivity contribution < 1.29 is 18.3 Å². The van der Waals surface area contributed by atoms with E-state index in [2.05, 4.69) is 10.6 Å². The number of halogens is 2. The fraction of sp³-hybridized carbons (Fsp3) is 0.364. The van der Waals surface area contributed by atoms with E-state index in [4.69, 9.17) is 4.74 Å². The quantitative estimate of drug-likeness (QED) is 0.738. The molecule has 94 valence electrons. The van der Waals surface area contributed by atoms with Gasteiger partial charge in [0, 0.05) is 13.7 Å². The summed E-state index contributed by atoms with van der Waals surface area (Å²) in [4.78, 5) is 11.2. The first-order chi connectivity index (χ1) is 8.13. The van der Waals surface area contributed by atoms with E-state index in [0.29, 0.717) is 13.2 Å². The lowest BCUT2D eigenvalue weighted by molar-refractivity contribution is -0.119. The number of rotatable bonds is 6. The highest BCUT2D eigenvalue weighted by molar-refractivity contribution is 5.80. The minimum atomic E-state index is -0.601. The third-order valence-corrected chi connectivity index (χ3v) is 2.00. The summed E-state index contributed by atoms with van der Waals surface area (Å²) in [6.45, 7) is 0.660. The molecule has 0 fully saturated rings. The van der Waals surface area contributed by atoms with Crippen molar-refractivity contribution >= 4 is 11.6 Å². The molecule has 0 aliphatic heterocycles. The molecule has 0 unspecified atom stereocenters. The third kappa shape index (κ3) is 4.78. The predicted molar refractivity (Wildman–Crippen MR) is 59.7 cm³/mol. The second-order valence-corrected chi connectivity index (χ2v) is 3.32. The van der Waals surface area contributed by atoms with Gasteiger partial charge in [0.25, 0.3) is 0 Å². The van der Waals surface area contributed by atoms with Crippen LogP contribution in [0, 0.1) is 11.6 Å². The number of amides is 1. The number of ether oxygens (including phenoxy) is 1. The van der Waals surface area contributed by atoms with E-state index >= 15 is 0 Å². The molecule has 0 bridgehead atoms. The molecule has 6 heteroatoms. The standard InChI is InChI=1S/C11H14F2N2O2/c1-17-5-4-14-11(16)7-15-10-6-8(12)2-3-9(10)13/h2-3,6,15H,4-5,7H2,1H3,(H,14,16). The lowest BCUT2D eigenvalue weighted by Crippen LogP contribution is -2.32. The Kier molecular flexibility index (Phi) is 5.35. The van der Waals surface area contributed by atoms with E-state index in [1.165, 1.54) is 7.11 Å². The molecule has 0 radical (unpaired) electrons. The highest BCUT2D eigenvalue weighted by atomic mass is 19.1. The number of hydrogen-bond donors (Lipinski definition) is 2. The topological polar surface area (TPSA) is 50.4 Å². The molecule has 0 aliphatic rings. The SMILES string of the molecule is COCCNC(=O)CNc1cc(F)ccc1F. The fourth-order valence-electron chi connectivity index (χ4n) is 1.16. The maximum Gasteiger partial charge on any atom is 0.239 e. The van der Waals surface area contributed by atoms with Crippen LogP contribution in [0.25, 0.3) is 0 Å². The smallest absolute Gasteiger partial charge is 0.239 e. The van der Waals surface area contributed by atoms with Crippen LogP contribution in [0.3, 0.4) is 0 Å². The Morgan fingerprint density at radius 1 is 1.41 bits per heavy atom. The molecule has 0 saturated heterocycles. The van der Waals surface area contributed by atoms with Gasteiger partial charge in [-0.25, -0.2) is 8.78 Å². The summed E-state index contributed by atoms with van der Waals surface area (Å²) >= 11 is 0. The highest BCUT2D eigenvalue weighted by Crippen LogP contribution is 2.14. The lowest BCUT2D eigenvalue weighted by atomic mass is 10.3. The second-order valence-electron chi connectivity index (χ2n) is 3.32. The van der Waals surface area contributed by atoms with Gasteiger partial charge in [-0.3, -0.25) is 4.79 Å². The predicted octanol–water partition coefficient (Wildman–Crippen LogP) is 1.14. The van der Waals surface area contributed by atoms with E-state index in [0.717, 1.165) is 18.2 Å². The van der Waals surface area contributed by atoms with Crippen LogP contribution in [0.15, 0.2) is 18.2 Å². The molecule has 0 saturated carbocycles. The minimum absolute atomic E-state index is 0.0353. The van der Waals surface area contributed by atoms with E-state index < -0.39 is 11.6 Å². The first kappa shape index (κ1) is 13.4. The molecule has 4 nitrogen and oxygen atoms in total. The summed E-state index contributed by atoms with van der Waals surface area (Å²) in [7, 11) is 1.52. The van der Waals surface area contributed by atoms with E-state index in [9.17, 15) is 13.6 Å². The molecule has 0 aromatic heterocycles. The Morgan fingerprint density at radius 2 is 2.18 bits per heavy atom. The Hall–Kier alpha value is -1.69. The number of hydrogen-bond acceptors (Lipinski definition) is 3. The van der Waals surface area contributed by atoms with Crippen molar-refractivity contribution in [3.8, 4) is 0 Å². The normalized spacial score (nSPS) is 10.1. The van der Waals surface area contributed by atoms with Crippen molar-refractivity contribution in [1.82, 2.24) is 5.32 Å². The average Bonchev–Trinajstić information content (AvgIpc) is 2.31. The second kappa shape index (κ2) is 6.80. The van der Waals surface area contributed by atoms with Crippen LogP contribution in [0.2, 0.25) is 0 Å². The first-order valence-electron chi connectivity index (χ1n) is 5.08. The van der Waals surface area contributed by atoms with Crippen LogP contribution < -0.4 is 10.6 Å². The Balaban J connectivity index is 2.39. The lowest BCUT2D eigenvalue weighted by Gasteiger charge is -2.08. The van der Waals surface area contributed by atoms with Gasteiger partial charge in [0.2, 0.25) is 5.91 Å². The van der Waals surface area contributed by atoms with Crippen LogP contribution in [-0.2, 0) is 9.53 Å². The van der Waals surface area contributed by atoms with Gasteiger partial charge in [-0.2, -0.15) is 0 Å². The zero-order chi connectivity index (χ0) is 12.7. The molecule has 0 spiro atoms. The molecule has 0 aliphatic carbocycles. The van der Waals surface area contributed by atoms with Gasteiger partial charge in [-0.1, -0.05) is 0 Å². The molecule has 0 atom stereocenters. The Morgan fingerprint density at radius 3 is 2.88 bits per heavy atom. The van der Waals surface area contributed by atoms with Crippen molar-refractivity contribution in [2.45, 2.75) is 0 Å². The number of nitrogens with one attached hydrogen (secondary N) is 2. The molecule has 2 N–H and O–H groups in total. The summed E-state index contributed by atoms with van der Waals surface area (Å²) in [6, 6.07) is 3.01. The average molecular weight is 244 g/mol. The highest BCUT2D eigenvalue weighted by Gasteiger charge is 2.05. The summed E-state index contributed by atoms with van der Waals surface area (Å²) in [6.07, 6.45) is 0. The molecule has 0 heterocycles. The summed E-state index contributed by atoms with van der Waals surface area (Å²) in [5, 5.41) is 5.06. The van der Waals surface area contributed by atoms with Gasteiger partial charge in [0.1, 0.15) is 11.6 Å². The number of benzene rings is 1. The molecule has 1 aromatic carbocycles. The van der Waals surface area contributed by atoms with Crippen LogP contribution in [0.1, 0.15) is 0 Å². The largest absolute Gasteiger partial charge is 0.383 e. The molecule has 1 rings (SSSR count). The van der Waals surface area contributed by atoms with Crippen LogP contribution in [-0.4, -0.2) is 32.7 Å². The van der Waals surface area contributed by atoms with Crippen LogP contribution in [0.4, 0.5) is 14.5 Å². The van der Waals surface area contributed by atoms with Gasteiger partial charge < -0.3 is 15.4 Å². The van der Waals surface area contributed by atoms with Crippen molar-refractivity contribution in [3.63, 3.8) is 0 Å². The van der Waals surface area contributed by atoms with Gasteiger partial charge >= 0.3 is 0 Å². The maximum atomic E-state index is 13.1. The summed E-state index contributed by atoms with van der Waals surface area (Å²) in [5.74, 6) is -1.48. The fourth-order valence-corrected chi connectivity index (χ4v) is 1.16. The van der Waals surface area contributed by atoms with E-state index in [1.54, 1.807) is 0 Å². The van der Waals surface area contributed by atoms with E-state index in [1.807, 2.05) is 0 Å². The van der Waals surface area contributed by atoms with Gasteiger partial charge in [0.05, 0.1) is 18.8 Å². The van der Waals surface area contributed by atoms with Crippen molar-refractivity contribution in [2.75, 3.05) is 32.1 Å². The number of anilines is 1. The monoisotopic (exact) mass is 244 g/mol. The maximum absolute atomic E-state index is 13.1. The zero-order valence-corrected chi connectivity index (χ0v) is 9.43. The number of carbonyl (C=O) groups excluding carboxylic acids is 1.